The Balaban J connectivity index is 2.29. The highest BCUT2D eigenvalue weighted by atomic mass is 16.5. The quantitative estimate of drug-likeness (QED) is 0.719. The van der Waals surface area contributed by atoms with Crippen LogP contribution in [0.2, 0.25) is 0 Å². The Labute approximate surface area is 104 Å². The molecule has 2 atom stereocenters. The first-order valence-corrected chi connectivity index (χ1v) is 6.37. The fourth-order valence-electron chi connectivity index (χ4n) is 2.44. The van der Waals surface area contributed by atoms with E-state index < -0.39 is 5.41 Å². The first-order valence-electron chi connectivity index (χ1n) is 6.37. The van der Waals surface area contributed by atoms with E-state index in [-0.39, 0.29) is 5.97 Å². The van der Waals surface area contributed by atoms with Crippen molar-refractivity contribution in [1.82, 2.24) is 0 Å². The SMILES string of the molecule is COC(=O)C(C)(C)COCC1CCCC1CN. The van der Waals surface area contributed by atoms with Crippen molar-refractivity contribution < 1.29 is 14.3 Å². The lowest BCUT2D eigenvalue weighted by atomic mass is 9.94. The standard InChI is InChI=1S/C13H25NO3/c1-13(2,12(15)16-3)9-17-8-11-6-4-5-10(11)7-14/h10-11H,4-9,14H2,1-3H3. The molecular formula is C13H25NO3. The normalized spacial score (nSPS) is 24.9. The van der Waals surface area contributed by atoms with E-state index in [0.717, 1.165) is 6.54 Å². The summed E-state index contributed by atoms with van der Waals surface area (Å²) in [4.78, 5) is 11.5. The third kappa shape index (κ3) is 3.96. The average molecular weight is 243 g/mol. The van der Waals surface area contributed by atoms with E-state index in [1.165, 1.54) is 26.4 Å². The number of ether oxygens (including phenoxy) is 2. The average Bonchev–Trinajstić information content (AvgIpc) is 2.75. The minimum absolute atomic E-state index is 0.223. The molecule has 17 heavy (non-hydrogen) atoms. The lowest BCUT2D eigenvalue weighted by molar-refractivity contribution is -0.154. The van der Waals surface area contributed by atoms with Gasteiger partial charge in [0.1, 0.15) is 0 Å². The molecule has 1 aliphatic rings. The van der Waals surface area contributed by atoms with E-state index in [1.54, 1.807) is 0 Å². The maximum atomic E-state index is 11.5. The molecule has 0 bridgehead atoms. The van der Waals surface area contributed by atoms with Crippen molar-refractivity contribution in [2.24, 2.45) is 23.0 Å². The Kier molecular flexibility index (Phi) is 5.40. The van der Waals surface area contributed by atoms with E-state index in [0.29, 0.717) is 25.0 Å². The maximum absolute atomic E-state index is 11.5. The summed E-state index contributed by atoms with van der Waals surface area (Å²) in [5, 5.41) is 0. The molecule has 0 spiro atoms. The molecule has 0 heterocycles. The van der Waals surface area contributed by atoms with Gasteiger partial charge in [-0.25, -0.2) is 0 Å². The van der Waals surface area contributed by atoms with E-state index in [2.05, 4.69) is 0 Å². The molecule has 4 nitrogen and oxygen atoms in total. The summed E-state index contributed by atoms with van der Waals surface area (Å²) in [6.45, 7) is 5.55. The van der Waals surface area contributed by atoms with Gasteiger partial charge in [-0.05, 0) is 45.1 Å². The summed E-state index contributed by atoms with van der Waals surface area (Å²) in [7, 11) is 1.41. The van der Waals surface area contributed by atoms with Crippen molar-refractivity contribution in [3.8, 4) is 0 Å². The van der Waals surface area contributed by atoms with Gasteiger partial charge in [-0.15, -0.1) is 0 Å². The number of hydrogen-bond donors (Lipinski definition) is 1. The summed E-state index contributed by atoms with van der Waals surface area (Å²) in [5.41, 5.74) is 5.16. The zero-order chi connectivity index (χ0) is 12.9. The molecule has 0 aromatic heterocycles. The molecule has 4 heteroatoms. The van der Waals surface area contributed by atoms with Crippen LogP contribution in [0.15, 0.2) is 0 Å². The second-order valence-corrected chi connectivity index (χ2v) is 5.58. The van der Waals surface area contributed by atoms with E-state index in [9.17, 15) is 4.79 Å². The number of esters is 1. The van der Waals surface area contributed by atoms with Gasteiger partial charge in [0.15, 0.2) is 0 Å². The van der Waals surface area contributed by atoms with Crippen molar-refractivity contribution in [3.63, 3.8) is 0 Å². The van der Waals surface area contributed by atoms with Crippen molar-refractivity contribution >= 4 is 5.97 Å². The summed E-state index contributed by atoms with van der Waals surface area (Å²) in [5.74, 6) is 0.934. The van der Waals surface area contributed by atoms with Gasteiger partial charge in [0.2, 0.25) is 0 Å². The van der Waals surface area contributed by atoms with Crippen molar-refractivity contribution in [1.29, 1.82) is 0 Å². The summed E-state index contributed by atoms with van der Waals surface area (Å²) >= 11 is 0. The van der Waals surface area contributed by atoms with Crippen LogP contribution in [0.5, 0.6) is 0 Å². The monoisotopic (exact) mass is 243 g/mol. The van der Waals surface area contributed by atoms with Crippen molar-refractivity contribution in [3.05, 3.63) is 0 Å². The molecule has 0 radical (unpaired) electrons. The summed E-state index contributed by atoms with van der Waals surface area (Å²) in [6.07, 6.45) is 3.65. The van der Waals surface area contributed by atoms with E-state index in [4.69, 9.17) is 15.2 Å². The highest BCUT2D eigenvalue weighted by Gasteiger charge is 2.31. The van der Waals surface area contributed by atoms with Crippen LogP contribution in [-0.2, 0) is 14.3 Å². The van der Waals surface area contributed by atoms with Crippen molar-refractivity contribution in [2.75, 3.05) is 26.9 Å². The van der Waals surface area contributed by atoms with Crippen LogP contribution in [-0.4, -0.2) is 32.8 Å². The Hall–Kier alpha value is -0.610. The molecule has 1 rings (SSSR count). The van der Waals surface area contributed by atoms with E-state index >= 15 is 0 Å². The molecule has 0 aromatic carbocycles. The van der Waals surface area contributed by atoms with Crippen LogP contribution in [0.1, 0.15) is 33.1 Å². The topological polar surface area (TPSA) is 61.5 Å². The zero-order valence-corrected chi connectivity index (χ0v) is 11.2. The lowest BCUT2D eigenvalue weighted by Crippen LogP contribution is -2.32. The van der Waals surface area contributed by atoms with Gasteiger partial charge in [-0.2, -0.15) is 0 Å². The smallest absolute Gasteiger partial charge is 0.313 e. The fourth-order valence-corrected chi connectivity index (χ4v) is 2.44. The Bertz CT molecular complexity index is 253. The molecule has 0 saturated heterocycles. The highest BCUT2D eigenvalue weighted by Crippen LogP contribution is 2.31. The summed E-state index contributed by atoms with van der Waals surface area (Å²) in [6, 6.07) is 0. The predicted octanol–water partition coefficient (Wildman–Crippen LogP) is 1.58. The predicted molar refractivity (Wildman–Crippen MR) is 66.5 cm³/mol. The van der Waals surface area contributed by atoms with Gasteiger partial charge in [0.05, 0.1) is 19.1 Å². The number of nitrogens with two attached hydrogens (primary N) is 1. The second-order valence-electron chi connectivity index (χ2n) is 5.58. The first-order chi connectivity index (χ1) is 8.01. The molecule has 100 valence electrons. The van der Waals surface area contributed by atoms with Crippen molar-refractivity contribution in [2.45, 2.75) is 33.1 Å². The van der Waals surface area contributed by atoms with Gasteiger partial charge in [-0.3, -0.25) is 4.79 Å². The molecule has 1 fully saturated rings. The molecule has 0 amide bonds. The van der Waals surface area contributed by atoms with Crippen LogP contribution in [0.3, 0.4) is 0 Å². The van der Waals surface area contributed by atoms with Gasteiger partial charge < -0.3 is 15.2 Å². The summed E-state index contributed by atoms with van der Waals surface area (Å²) < 4.78 is 10.4. The maximum Gasteiger partial charge on any atom is 0.313 e. The minimum Gasteiger partial charge on any atom is -0.469 e. The van der Waals surface area contributed by atoms with Gasteiger partial charge in [0, 0.05) is 6.61 Å². The number of carbonyl (C=O) groups excluding carboxylic acids is 1. The first kappa shape index (κ1) is 14.5. The Morgan fingerprint density at radius 1 is 1.35 bits per heavy atom. The number of hydrogen-bond acceptors (Lipinski definition) is 4. The Morgan fingerprint density at radius 2 is 2.00 bits per heavy atom. The molecule has 0 aliphatic heterocycles. The van der Waals surface area contributed by atoms with Gasteiger partial charge >= 0.3 is 5.97 Å². The van der Waals surface area contributed by atoms with Crippen LogP contribution < -0.4 is 5.73 Å². The minimum atomic E-state index is -0.564. The molecular weight excluding hydrogens is 218 g/mol. The molecule has 1 aliphatic carbocycles. The van der Waals surface area contributed by atoms with Crippen LogP contribution in [0.25, 0.3) is 0 Å². The van der Waals surface area contributed by atoms with Crippen LogP contribution in [0, 0.1) is 17.3 Å². The third-order valence-corrected chi connectivity index (χ3v) is 3.65. The number of rotatable bonds is 6. The van der Waals surface area contributed by atoms with Gasteiger partial charge in [-0.1, -0.05) is 6.42 Å². The molecule has 2 N–H and O–H groups in total. The second kappa shape index (κ2) is 6.36. The van der Waals surface area contributed by atoms with Gasteiger partial charge in [0.25, 0.3) is 0 Å². The molecule has 2 unspecified atom stereocenters. The van der Waals surface area contributed by atoms with E-state index in [1.807, 2.05) is 13.8 Å². The number of methoxy groups -OCH3 is 1. The molecule has 0 aromatic rings. The van der Waals surface area contributed by atoms with Crippen LogP contribution >= 0.6 is 0 Å². The number of carbonyl (C=O) groups is 1. The Morgan fingerprint density at radius 3 is 2.59 bits per heavy atom. The highest BCUT2D eigenvalue weighted by molar-refractivity contribution is 5.75. The fraction of sp³-hybridized carbons (Fsp3) is 0.923. The lowest BCUT2D eigenvalue weighted by Gasteiger charge is -2.24. The molecule has 1 saturated carbocycles. The zero-order valence-electron chi connectivity index (χ0n) is 11.2. The third-order valence-electron chi connectivity index (χ3n) is 3.65. The van der Waals surface area contributed by atoms with Crippen LogP contribution in [0.4, 0.5) is 0 Å². The largest absolute Gasteiger partial charge is 0.469 e.